The van der Waals surface area contributed by atoms with Crippen LogP contribution in [-0.2, 0) is 4.79 Å². The molecular formula is C12H22N2O2. The third kappa shape index (κ3) is 1.84. The van der Waals surface area contributed by atoms with E-state index in [1.807, 2.05) is 0 Å². The van der Waals surface area contributed by atoms with E-state index < -0.39 is 5.97 Å². The molecule has 2 fully saturated rings. The fourth-order valence-electron chi connectivity index (χ4n) is 3.42. The van der Waals surface area contributed by atoms with Crippen molar-refractivity contribution in [3.8, 4) is 0 Å². The van der Waals surface area contributed by atoms with Gasteiger partial charge in [-0.25, -0.2) is 0 Å². The van der Waals surface area contributed by atoms with Gasteiger partial charge in [0.25, 0.3) is 0 Å². The number of likely N-dealkylation sites (tertiary alicyclic amines) is 1. The highest BCUT2D eigenvalue weighted by Gasteiger charge is 2.59. The Hall–Kier alpha value is -0.610. The van der Waals surface area contributed by atoms with Crippen LogP contribution in [0, 0.1) is 17.3 Å². The lowest BCUT2D eigenvalue weighted by Gasteiger charge is -2.42. The van der Waals surface area contributed by atoms with Crippen molar-refractivity contribution in [2.24, 2.45) is 23.0 Å². The van der Waals surface area contributed by atoms with Crippen molar-refractivity contribution in [1.82, 2.24) is 4.90 Å². The average Bonchev–Trinajstić information content (AvgIpc) is 3.02. The van der Waals surface area contributed by atoms with Gasteiger partial charge in [-0.05, 0) is 24.2 Å². The Bertz CT molecular complexity index is 276. The van der Waals surface area contributed by atoms with Gasteiger partial charge < -0.3 is 15.7 Å². The highest BCUT2D eigenvalue weighted by Crippen LogP contribution is 2.60. The number of carboxylic acid groups (broad SMARTS) is 1. The van der Waals surface area contributed by atoms with Gasteiger partial charge in [0.05, 0.1) is 5.92 Å². The van der Waals surface area contributed by atoms with Gasteiger partial charge in [-0.3, -0.25) is 4.79 Å². The number of rotatable bonds is 4. The molecule has 0 aromatic heterocycles. The van der Waals surface area contributed by atoms with E-state index in [2.05, 4.69) is 11.8 Å². The molecule has 1 spiro atoms. The summed E-state index contributed by atoms with van der Waals surface area (Å²) in [7, 11) is 0. The number of nitrogens with two attached hydrogens (primary N) is 1. The van der Waals surface area contributed by atoms with Crippen LogP contribution in [0.5, 0.6) is 0 Å². The molecule has 0 radical (unpaired) electrons. The zero-order chi connectivity index (χ0) is 11.8. The Morgan fingerprint density at radius 1 is 1.50 bits per heavy atom. The van der Waals surface area contributed by atoms with Gasteiger partial charge in [0, 0.05) is 26.2 Å². The molecular weight excluding hydrogens is 204 g/mol. The standard InChI is InChI=1S/C12H22N2O2/c1-2-9-7-14(6-5-13)8-10(11(15)16)12(9)3-4-12/h9-10H,2-8,13H2,1H3,(H,15,16). The summed E-state index contributed by atoms with van der Waals surface area (Å²) in [4.78, 5) is 13.6. The molecule has 1 aliphatic carbocycles. The van der Waals surface area contributed by atoms with Crippen molar-refractivity contribution in [3.05, 3.63) is 0 Å². The lowest BCUT2D eigenvalue weighted by atomic mass is 9.73. The minimum absolute atomic E-state index is 0.131. The molecule has 0 aromatic rings. The van der Waals surface area contributed by atoms with E-state index in [1.165, 1.54) is 0 Å². The summed E-state index contributed by atoms with van der Waals surface area (Å²) in [5, 5.41) is 9.36. The van der Waals surface area contributed by atoms with Crippen molar-refractivity contribution in [3.63, 3.8) is 0 Å². The van der Waals surface area contributed by atoms with Gasteiger partial charge in [0.2, 0.25) is 0 Å². The molecule has 4 nitrogen and oxygen atoms in total. The summed E-state index contributed by atoms with van der Waals surface area (Å²) < 4.78 is 0. The summed E-state index contributed by atoms with van der Waals surface area (Å²) in [6.07, 6.45) is 3.31. The van der Waals surface area contributed by atoms with E-state index in [1.54, 1.807) is 0 Å². The largest absolute Gasteiger partial charge is 0.481 e. The Morgan fingerprint density at radius 3 is 2.62 bits per heavy atom. The molecule has 2 atom stereocenters. The van der Waals surface area contributed by atoms with E-state index in [0.717, 1.165) is 32.4 Å². The lowest BCUT2D eigenvalue weighted by Crippen LogP contribution is -2.51. The van der Waals surface area contributed by atoms with Gasteiger partial charge in [-0.15, -0.1) is 0 Å². The van der Waals surface area contributed by atoms with E-state index in [9.17, 15) is 9.90 Å². The van der Waals surface area contributed by atoms with Crippen LogP contribution >= 0.6 is 0 Å². The first kappa shape index (κ1) is 11.9. The highest BCUT2D eigenvalue weighted by atomic mass is 16.4. The third-order valence-corrected chi connectivity index (χ3v) is 4.49. The van der Waals surface area contributed by atoms with Crippen LogP contribution in [0.4, 0.5) is 0 Å². The molecule has 0 bridgehead atoms. The maximum Gasteiger partial charge on any atom is 0.308 e. The van der Waals surface area contributed by atoms with Crippen molar-refractivity contribution in [2.45, 2.75) is 26.2 Å². The predicted molar refractivity (Wildman–Crippen MR) is 62.1 cm³/mol. The lowest BCUT2D eigenvalue weighted by molar-refractivity contribution is -0.149. The van der Waals surface area contributed by atoms with Crippen LogP contribution in [0.15, 0.2) is 0 Å². The van der Waals surface area contributed by atoms with E-state index in [0.29, 0.717) is 19.0 Å². The Kier molecular flexibility index (Phi) is 3.22. The van der Waals surface area contributed by atoms with Crippen LogP contribution < -0.4 is 5.73 Å². The fraction of sp³-hybridized carbons (Fsp3) is 0.917. The van der Waals surface area contributed by atoms with E-state index in [4.69, 9.17) is 5.73 Å². The Labute approximate surface area is 96.8 Å². The number of carboxylic acids is 1. The van der Waals surface area contributed by atoms with Gasteiger partial charge in [0.1, 0.15) is 0 Å². The van der Waals surface area contributed by atoms with Crippen molar-refractivity contribution < 1.29 is 9.90 Å². The molecule has 3 N–H and O–H groups in total. The van der Waals surface area contributed by atoms with E-state index >= 15 is 0 Å². The number of carbonyl (C=O) groups is 1. The maximum atomic E-state index is 11.4. The second-order valence-corrected chi connectivity index (χ2v) is 5.28. The van der Waals surface area contributed by atoms with Crippen LogP contribution in [-0.4, -0.2) is 42.2 Å². The zero-order valence-corrected chi connectivity index (χ0v) is 9.98. The zero-order valence-electron chi connectivity index (χ0n) is 9.98. The van der Waals surface area contributed by atoms with Crippen LogP contribution in [0.3, 0.4) is 0 Å². The number of hydrogen-bond acceptors (Lipinski definition) is 3. The smallest absolute Gasteiger partial charge is 0.308 e. The average molecular weight is 226 g/mol. The summed E-state index contributed by atoms with van der Waals surface area (Å²) in [6.45, 7) is 5.36. The first-order valence-corrected chi connectivity index (χ1v) is 6.29. The summed E-state index contributed by atoms with van der Waals surface area (Å²) in [5.74, 6) is -0.232. The molecule has 2 aliphatic rings. The quantitative estimate of drug-likeness (QED) is 0.743. The van der Waals surface area contributed by atoms with Crippen LogP contribution in [0.25, 0.3) is 0 Å². The summed E-state index contributed by atoms with van der Waals surface area (Å²) in [6, 6.07) is 0. The fourth-order valence-corrected chi connectivity index (χ4v) is 3.42. The molecule has 2 unspecified atom stereocenters. The normalized spacial score (nSPS) is 32.9. The highest BCUT2D eigenvalue weighted by molar-refractivity contribution is 5.72. The molecule has 16 heavy (non-hydrogen) atoms. The van der Waals surface area contributed by atoms with Gasteiger partial charge in [0.15, 0.2) is 0 Å². The molecule has 2 rings (SSSR count). The summed E-state index contributed by atoms with van der Waals surface area (Å²) >= 11 is 0. The minimum Gasteiger partial charge on any atom is -0.481 e. The topological polar surface area (TPSA) is 66.6 Å². The predicted octanol–water partition coefficient (Wildman–Crippen LogP) is 0.768. The molecule has 0 aromatic carbocycles. The first-order chi connectivity index (χ1) is 7.64. The second-order valence-electron chi connectivity index (χ2n) is 5.28. The van der Waals surface area contributed by atoms with Crippen LogP contribution in [0.2, 0.25) is 0 Å². The third-order valence-electron chi connectivity index (χ3n) is 4.49. The molecule has 0 amide bonds. The van der Waals surface area contributed by atoms with Crippen molar-refractivity contribution >= 4 is 5.97 Å². The molecule has 1 saturated heterocycles. The molecule has 4 heteroatoms. The molecule has 1 saturated carbocycles. The van der Waals surface area contributed by atoms with Crippen molar-refractivity contribution in [1.29, 1.82) is 0 Å². The Morgan fingerprint density at radius 2 is 2.19 bits per heavy atom. The maximum absolute atomic E-state index is 11.4. The first-order valence-electron chi connectivity index (χ1n) is 6.29. The number of hydrogen-bond donors (Lipinski definition) is 2. The van der Waals surface area contributed by atoms with Gasteiger partial charge in [-0.1, -0.05) is 13.3 Å². The number of piperidine rings is 1. The number of aliphatic carboxylic acids is 1. The SMILES string of the molecule is CCC1CN(CCN)CC(C(=O)O)C12CC2. The molecule has 1 heterocycles. The van der Waals surface area contributed by atoms with Crippen LogP contribution in [0.1, 0.15) is 26.2 Å². The number of nitrogens with zero attached hydrogens (tertiary/aromatic N) is 1. The minimum atomic E-state index is -0.613. The second kappa shape index (κ2) is 4.34. The Balaban J connectivity index is 2.12. The molecule has 1 aliphatic heterocycles. The van der Waals surface area contributed by atoms with Crippen molar-refractivity contribution in [2.75, 3.05) is 26.2 Å². The summed E-state index contributed by atoms with van der Waals surface area (Å²) in [5.41, 5.74) is 5.69. The van der Waals surface area contributed by atoms with E-state index in [-0.39, 0.29) is 11.3 Å². The van der Waals surface area contributed by atoms with Gasteiger partial charge >= 0.3 is 5.97 Å². The monoisotopic (exact) mass is 226 g/mol. The van der Waals surface area contributed by atoms with Gasteiger partial charge in [-0.2, -0.15) is 0 Å². The molecule has 92 valence electrons.